The number of nitrogens with one attached hydrogen (secondary N) is 2. The van der Waals surface area contributed by atoms with Gasteiger partial charge in [0.1, 0.15) is 0 Å². The molecule has 34 heavy (non-hydrogen) atoms. The number of amides is 6. The molecule has 0 aromatic rings. The van der Waals surface area contributed by atoms with Gasteiger partial charge >= 0.3 is 0 Å². The third-order valence-electron chi connectivity index (χ3n) is 5.73. The molecule has 4 N–H and O–H groups in total. The fourth-order valence-electron chi connectivity index (χ4n) is 4.23. The number of carbonyl (C=O) groups is 6. The fraction of sp³-hybridized carbons (Fsp3) is 0.667. The fourth-order valence-corrected chi connectivity index (χ4v) is 8.87. The summed E-state index contributed by atoms with van der Waals surface area (Å²) < 4.78 is 0. The molecule has 0 radical (unpaired) electrons. The average molecular weight is 515 g/mol. The lowest BCUT2D eigenvalue weighted by Crippen LogP contribution is -2.65. The van der Waals surface area contributed by atoms with Crippen molar-refractivity contribution in [3.05, 3.63) is 0 Å². The third-order valence-corrected chi connectivity index (χ3v) is 9.98. The Morgan fingerprint density at radius 3 is 1.21 bits per heavy atom. The van der Waals surface area contributed by atoms with Crippen molar-refractivity contribution >= 4 is 52.1 Å². The predicted octanol–water partition coefficient (Wildman–Crippen LogP) is -5.13. The van der Waals surface area contributed by atoms with Gasteiger partial charge in [0, 0.05) is 24.7 Å². The van der Waals surface area contributed by atoms with Crippen molar-refractivity contribution in [1.82, 2.24) is 30.2 Å². The van der Waals surface area contributed by atoms with Crippen molar-refractivity contribution in [2.75, 3.05) is 63.9 Å². The van der Waals surface area contributed by atoms with E-state index in [0.29, 0.717) is 0 Å². The van der Waals surface area contributed by atoms with Gasteiger partial charge in [-0.1, -0.05) is 0 Å². The van der Waals surface area contributed by atoms with Crippen LogP contribution in [0.25, 0.3) is 0 Å². The molecule has 3 fully saturated rings. The molecule has 3 saturated heterocycles. The lowest BCUT2D eigenvalue weighted by Gasteiger charge is -2.40. The highest BCUT2D eigenvalue weighted by atomic mass is 28.4. The minimum Gasteiger partial charge on any atom is -0.429 e. The quantitative estimate of drug-likeness (QED) is 0.232. The van der Waals surface area contributed by atoms with E-state index in [0.717, 1.165) is 0 Å². The van der Waals surface area contributed by atoms with Gasteiger partial charge in [-0.05, 0) is 13.1 Å². The molecular weight excluding hydrogens is 484 g/mol. The summed E-state index contributed by atoms with van der Waals surface area (Å²) in [5.41, 5.74) is 0. The normalized spacial score (nSPS) is 23.5. The van der Waals surface area contributed by atoms with E-state index in [-0.39, 0.29) is 87.6 Å². The average Bonchev–Trinajstić information content (AvgIpc) is 2.70. The van der Waals surface area contributed by atoms with Gasteiger partial charge in [-0.15, -0.1) is 0 Å². The van der Waals surface area contributed by atoms with E-state index in [2.05, 4.69) is 10.6 Å². The van der Waals surface area contributed by atoms with Crippen LogP contribution in [0, 0.1) is 0 Å². The summed E-state index contributed by atoms with van der Waals surface area (Å²) in [5, 5.41) is 4.85. The Morgan fingerprint density at radius 1 is 0.588 bits per heavy atom. The van der Waals surface area contributed by atoms with Crippen molar-refractivity contribution < 1.29 is 38.4 Å². The summed E-state index contributed by atoms with van der Waals surface area (Å²) in [7, 11) is -6.39. The minimum atomic E-state index is -3.20. The van der Waals surface area contributed by atoms with E-state index < -0.39 is 28.4 Å². The Labute approximate surface area is 198 Å². The second kappa shape index (κ2) is 9.81. The summed E-state index contributed by atoms with van der Waals surface area (Å²) in [6, 6.07) is 0. The Kier molecular flexibility index (Phi) is 7.44. The maximum absolute atomic E-state index is 12.7. The van der Waals surface area contributed by atoms with Crippen molar-refractivity contribution in [1.29, 1.82) is 0 Å². The molecule has 2 unspecified atom stereocenters. The van der Waals surface area contributed by atoms with E-state index in [9.17, 15) is 38.4 Å². The largest absolute Gasteiger partial charge is 0.429 e. The zero-order chi connectivity index (χ0) is 25.3. The van der Waals surface area contributed by atoms with Crippen molar-refractivity contribution in [2.24, 2.45) is 0 Å². The van der Waals surface area contributed by atoms with Crippen LogP contribution in [0.4, 0.5) is 0 Å². The first-order valence-corrected chi connectivity index (χ1v) is 16.6. The first-order valence-electron chi connectivity index (χ1n) is 10.8. The maximum atomic E-state index is 12.7. The Balaban J connectivity index is 1.56. The first kappa shape index (κ1) is 25.8. The van der Waals surface area contributed by atoms with E-state index in [1.54, 1.807) is 13.1 Å². The van der Waals surface area contributed by atoms with Crippen LogP contribution >= 0.6 is 0 Å². The van der Waals surface area contributed by atoms with Crippen LogP contribution in [0.5, 0.6) is 0 Å². The molecule has 0 saturated carbocycles. The van der Waals surface area contributed by atoms with Gasteiger partial charge in [0.05, 0.1) is 39.3 Å². The molecule has 0 aromatic heterocycles. The van der Waals surface area contributed by atoms with Crippen molar-refractivity contribution in [2.45, 2.75) is 13.1 Å². The van der Waals surface area contributed by atoms with Gasteiger partial charge in [-0.25, -0.2) is 0 Å². The highest BCUT2D eigenvalue weighted by Gasteiger charge is 2.42. The van der Waals surface area contributed by atoms with Gasteiger partial charge in [0.2, 0.25) is 52.1 Å². The SMILES string of the molecule is C[Si](O)(CN1CC(=O)NCC1=O)CN1CC(=O)N(C[Si](C)(O)CN2CC(=O)NCC2=O)CC1=O. The smallest absolute Gasteiger partial charge is 0.242 e. The molecule has 188 valence electrons. The second-order valence-electron chi connectivity index (χ2n) is 9.55. The molecule has 0 bridgehead atoms. The molecule has 3 aliphatic heterocycles. The van der Waals surface area contributed by atoms with Gasteiger partial charge < -0.3 is 39.8 Å². The van der Waals surface area contributed by atoms with Gasteiger partial charge in [0.15, 0.2) is 0 Å². The molecule has 3 aliphatic rings. The molecule has 3 rings (SSSR count). The zero-order valence-corrected chi connectivity index (χ0v) is 21.2. The molecule has 14 nitrogen and oxygen atoms in total. The monoisotopic (exact) mass is 514 g/mol. The highest BCUT2D eigenvalue weighted by Crippen LogP contribution is 2.14. The molecule has 0 aliphatic carbocycles. The number of rotatable bonds is 8. The van der Waals surface area contributed by atoms with Crippen LogP contribution in [-0.4, -0.2) is 145 Å². The van der Waals surface area contributed by atoms with E-state index in [1.807, 2.05) is 0 Å². The van der Waals surface area contributed by atoms with Crippen LogP contribution in [0.3, 0.4) is 0 Å². The van der Waals surface area contributed by atoms with Gasteiger partial charge in [0.25, 0.3) is 0 Å². The van der Waals surface area contributed by atoms with Crippen molar-refractivity contribution in [3.8, 4) is 0 Å². The molecule has 0 aromatic carbocycles. The van der Waals surface area contributed by atoms with E-state index in [4.69, 9.17) is 0 Å². The summed E-state index contributed by atoms with van der Waals surface area (Å²) in [6.45, 7) is 1.93. The van der Waals surface area contributed by atoms with Crippen LogP contribution in [0.15, 0.2) is 0 Å². The van der Waals surface area contributed by atoms with Crippen molar-refractivity contribution in [3.63, 3.8) is 0 Å². The summed E-state index contributed by atoms with van der Waals surface area (Å²) >= 11 is 0. The van der Waals surface area contributed by atoms with E-state index >= 15 is 0 Å². The van der Waals surface area contributed by atoms with Crippen LogP contribution in [0.1, 0.15) is 0 Å². The molecule has 6 amide bonds. The lowest BCUT2D eigenvalue weighted by molar-refractivity contribution is -0.148. The zero-order valence-electron chi connectivity index (χ0n) is 19.2. The van der Waals surface area contributed by atoms with Crippen LogP contribution in [-0.2, 0) is 28.8 Å². The Hall–Kier alpha value is -2.83. The number of hydrogen-bond donors (Lipinski definition) is 4. The predicted molar refractivity (Wildman–Crippen MR) is 120 cm³/mol. The second-order valence-corrected chi connectivity index (χ2v) is 16.8. The molecule has 16 heteroatoms. The highest BCUT2D eigenvalue weighted by molar-refractivity contribution is 6.72. The molecular formula is C18H30N6O8Si2. The van der Waals surface area contributed by atoms with Gasteiger partial charge in [-0.3, -0.25) is 28.8 Å². The first-order chi connectivity index (χ1) is 15.7. The van der Waals surface area contributed by atoms with Gasteiger partial charge in [-0.2, -0.15) is 0 Å². The number of piperazine rings is 3. The topological polar surface area (TPSA) is 180 Å². The summed E-state index contributed by atoms with van der Waals surface area (Å²) in [6.07, 6.45) is -0.246. The number of nitrogens with zero attached hydrogens (tertiary/aromatic N) is 4. The Morgan fingerprint density at radius 2 is 0.882 bits per heavy atom. The number of carbonyl (C=O) groups excluding carboxylic acids is 6. The minimum absolute atomic E-state index is 0.0417. The molecule has 2 atom stereocenters. The van der Waals surface area contributed by atoms with Crippen LogP contribution in [0.2, 0.25) is 13.1 Å². The third kappa shape index (κ3) is 6.61. The van der Waals surface area contributed by atoms with E-state index in [1.165, 1.54) is 19.6 Å². The Bertz CT molecular complexity index is 841. The molecule has 3 heterocycles. The van der Waals surface area contributed by atoms with Crippen LogP contribution < -0.4 is 10.6 Å². The molecule has 0 spiro atoms. The standard InChI is InChI=1S/C18H30N6O8Si2/c1-33(31,9-21-5-13(25)19-3-15(21)27)11-23-7-18(30)24(8-17(23)29)12-34(2,32)10-22-6-14(26)20-4-16(22)28/h31-32H,3-12H2,1-2H3,(H,19,25)(H,20,26). The maximum Gasteiger partial charge on any atom is 0.242 e. The lowest BCUT2D eigenvalue weighted by atomic mass is 10.3. The summed E-state index contributed by atoms with van der Waals surface area (Å²) in [5.74, 6) is -2.12. The number of hydrogen-bond acceptors (Lipinski definition) is 8. The summed E-state index contributed by atoms with van der Waals surface area (Å²) in [4.78, 5) is 99.4.